The van der Waals surface area contributed by atoms with E-state index in [0.717, 1.165) is 0 Å². The average molecular weight is 234 g/mol. The molecule has 1 aromatic rings. The molecule has 3 N–H and O–H groups in total. The zero-order valence-electron chi connectivity index (χ0n) is 9.70. The number of aromatic carboxylic acids is 1. The zero-order chi connectivity index (χ0) is 12.6. The average Bonchev–Trinajstić information content (AvgIpc) is 2.29. The molecule has 1 aliphatic heterocycles. The van der Waals surface area contributed by atoms with Crippen molar-refractivity contribution in [3.05, 3.63) is 23.8 Å². The predicted octanol–water partition coefficient (Wildman–Crippen LogP) is 1.92. The number of carboxylic acid groups (broad SMARTS) is 1. The van der Waals surface area contributed by atoms with Crippen LogP contribution in [0.2, 0.25) is 0 Å². The van der Waals surface area contributed by atoms with Crippen molar-refractivity contribution in [3.8, 4) is 0 Å². The maximum absolute atomic E-state index is 11.6. The molecule has 2 rings (SSSR count). The molecule has 1 aromatic carbocycles. The normalized spacial score (nSPS) is 17.4. The molecular weight excluding hydrogens is 220 g/mol. The summed E-state index contributed by atoms with van der Waals surface area (Å²) in [5.41, 5.74) is 1.06. The van der Waals surface area contributed by atoms with Gasteiger partial charge in [0.05, 0.1) is 16.9 Å². The quantitative estimate of drug-likeness (QED) is 0.693. The summed E-state index contributed by atoms with van der Waals surface area (Å²) in [7, 11) is 0. The fraction of sp³-hybridized carbons (Fsp3) is 0.333. The maximum Gasteiger partial charge on any atom is 0.335 e. The Balaban J connectivity index is 2.47. The molecule has 0 spiro atoms. The van der Waals surface area contributed by atoms with Gasteiger partial charge in [-0.1, -0.05) is 0 Å². The molecular formula is C12H14N2O3. The van der Waals surface area contributed by atoms with Crippen LogP contribution in [0.4, 0.5) is 11.4 Å². The minimum absolute atomic E-state index is 0.0793. The SMILES string of the molecule is CC1(C)CC(=O)Nc2ccc(C(=O)O)cc2N1. The summed E-state index contributed by atoms with van der Waals surface area (Å²) in [6, 6.07) is 4.61. The van der Waals surface area contributed by atoms with Crippen molar-refractivity contribution in [2.24, 2.45) is 0 Å². The molecule has 0 atom stereocenters. The third-order valence-corrected chi connectivity index (χ3v) is 2.62. The lowest BCUT2D eigenvalue weighted by atomic mass is 10.0. The van der Waals surface area contributed by atoms with E-state index in [0.29, 0.717) is 17.8 Å². The Morgan fingerprint density at radius 2 is 2.06 bits per heavy atom. The lowest BCUT2D eigenvalue weighted by Crippen LogP contribution is -2.32. The van der Waals surface area contributed by atoms with Gasteiger partial charge in [-0.05, 0) is 32.0 Å². The number of fused-ring (bicyclic) bond motifs is 1. The third-order valence-electron chi connectivity index (χ3n) is 2.62. The molecule has 5 heteroatoms. The monoisotopic (exact) mass is 234 g/mol. The van der Waals surface area contributed by atoms with Crippen molar-refractivity contribution in [1.29, 1.82) is 0 Å². The molecule has 0 radical (unpaired) electrons. The highest BCUT2D eigenvalue weighted by atomic mass is 16.4. The van der Waals surface area contributed by atoms with Crippen LogP contribution in [0.1, 0.15) is 30.6 Å². The second-order valence-corrected chi connectivity index (χ2v) is 4.80. The molecule has 0 saturated carbocycles. The summed E-state index contributed by atoms with van der Waals surface area (Å²) in [6.45, 7) is 3.80. The predicted molar refractivity (Wildman–Crippen MR) is 64.3 cm³/mol. The Morgan fingerprint density at radius 1 is 1.35 bits per heavy atom. The fourth-order valence-electron chi connectivity index (χ4n) is 1.89. The summed E-state index contributed by atoms with van der Waals surface area (Å²) < 4.78 is 0. The van der Waals surface area contributed by atoms with Crippen LogP contribution in [0.25, 0.3) is 0 Å². The third kappa shape index (κ3) is 2.38. The molecule has 0 aromatic heterocycles. The van der Waals surface area contributed by atoms with E-state index in [1.165, 1.54) is 12.1 Å². The van der Waals surface area contributed by atoms with E-state index in [1.54, 1.807) is 6.07 Å². The first-order chi connectivity index (χ1) is 7.87. The van der Waals surface area contributed by atoms with E-state index < -0.39 is 11.5 Å². The first-order valence-corrected chi connectivity index (χ1v) is 5.33. The van der Waals surface area contributed by atoms with E-state index in [2.05, 4.69) is 10.6 Å². The van der Waals surface area contributed by atoms with Gasteiger partial charge >= 0.3 is 5.97 Å². The molecule has 0 fully saturated rings. The van der Waals surface area contributed by atoms with Crippen molar-refractivity contribution in [3.63, 3.8) is 0 Å². The van der Waals surface area contributed by atoms with Crippen LogP contribution in [0.15, 0.2) is 18.2 Å². The molecule has 1 aliphatic rings. The molecule has 90 valence electrons. The summed E-state index contributed by atoms with van der Waals surface area (Å²) in [6.07, 6.45) is 0.337. The maximum atomic E-state index is 11.6. The minimum Gasteiger partial charge on any atom is -0.478 e. The van der Waals surface area contributed by atoms with Gasteiger partial charge in [0.25, 0.3) is 0 Å². The molecule has 0 saturated heterocycles. The van der Waals surface area contributed by atoms with Crippen molar-refractivity contribution in [1.82, 2.24) is 0 Å². The van der Waals surface area contributed by atoms with Gasteiger partial charge in [-0.2, -0.15) is 0 Å². The number of benzene rings is 1. The first-order valence-electron chi connectivity index (χ1n) is 5.33. The lowest BCUT2D eigenvalue weighted by Gasteiger charge is -2.24. The second kappa shape index (κ2) is 3.76. The van der Waals surface area contributed by atoms with Crippen LogP contribution in [0, 0.1) is 0 Å². The lowest BCUT2D eigenvalue weighted by molar-refractivity contribution is -0.116. The highest BCUT2D eigenvalue weighted by Gasteiger charge is 2.27. The zero-order valence-corrected chi connectivity index (χ0v) is 9.70. The Morgan fingerprint density at radius 3 is 2.71 bits per heavy atom. The molecule has 0 bridgehead atoms. The number of carbonyl (C=O) groups excluding carboxylic acids is 1. The van der Waals surface area contributed by atoms with E-state index in [9.17, 15) is 9.59 Å². The number of carboxylic acids is 1. The topological polar surface area (TPSA) is 78.4 Å². The van der Waals surface area contributed by atoms with Crippen molar-refractivity contribution in [2.75, 3.05) is 10.6 Å². The molecule has 0 aliphatic carbocycles. The number of hydrogen-bond acceptors (Lipinski definition) is 3. The van der Waals surface area contributed by atoms with Gasteiger partial charge in [0.15, 0.2) is 0 Å². The Labute approximate surface area is 98.8 Å². The van der Waals surface area contributed by atoms with Crippen LogP contribution < -0.4 is 10.6 Å². The molecule has 5 nitrogen and oxygen atoms in total. The highest BCUT2D eigenvalue weighted by molar-refractivity contribution is 5.99. The van der Waals surface area contributed by atoms with Gasteiger partial charge in [-0.25, -0.2) is 4.79 Å². The van der Waals surface area contributed by atoms with E-state index in [4.69, 9.17) is 5.11 Å². The van der Waals surface area contributed by atoms with Gasteiger partial charge in [0.2, 0.25) is 5.91 Å². The summed E-state index contributed by atoms with van der Waals surface area (Å²) in [4.78, 5) is 22.5. The van der Waals surface area contributed by atoms with Crippen LogP contribution in [0.5, 0.6) is 0 Å². The number of hydrogen-bond donors (Lipinski definition) is 3. The van der Waals surface area contributed by atoms with E-state index >= 15 is 0 Å². The van der Waals surface area contributed by atoms with Gasteiger partial charge in [0.1, 0.15) is 0 Å². The first kappa shape index (κ1) is 11.4. The second-order valence-electron chi connectivity index (χ2n) is 4.80. The Hall–Kier alpha value is -2.04. The smallest absolute Gasteiger partial charge is 0.335 e. The van der Waals surface area contributed by atoms with Crippen molar-refractivity contribution in [2.45, 2.75) is 25.8 Å². The van der Waals surface area contributed by atoms with Crippen LogP contribution in [-0.2, 0) is 4.79 Å². The number of carbonyl (C=O) groups is 2. The number of amides is 1. The standard InChI is InChI=1S/C12H14N2O3/c1-12(2)6-10(15)13-8-4-3-7(11(16)17)5-9(8)14-12/h3-5,14H,6H2,1-2H3,(H,13,15)(H,16,17). The van der Waals surface area contributed by atoms with E-state index in [-0.39, 0.29) is 11.5 Å². The van der Waals surface area contributed by atoms with Gasteiger partial charge < -0.3 is 15.7 Å². The Bertz CT molecular complexity index is 495. The molecule has 1 amide bonds. The van der Waals surface area contributed by atoms with E-state index in [1.807, 2.05) is 13.8 Å². The number of rotatable bonds is 1. The largest absolute Gasteiger partial charge is 0.478 e. The fourth-order valence-corrected chi connectivity index (χ4v) is 1.89. The summed E-state index contributed by atoms with van der Waals surface area (Å²) >= 11 is 0. The van der Waals surface area contributed by atoms with Crippen LogP contribution in [-0.4, -0.2) is 22.5 Å². The van der Waals surface area contributed by atoms with Gasteiger partial charge in [-0.15, -0.1) is 0 Å². The summed E-state index contributed by atoms with van der Waals surface area (Å²) in [5.74, 6) is -1.06. The van der Waals surface area contributed by atoms with Gasteiger partial charge in [-0.3, -0.25) is 4.79 Å². The number of nitrogens with one attached hydrogen (secondary N) is 2. The molecule has 0 unspecified atom stereocenters. The van der Waals surface area contributed by atoms with Crippen molar-refractivity contribution < 1.29 is 14.7 Å². The Kier molecular flexibility index (Phi) is 2.53. The summed E-state index contributed by atoms with van der Waals surface area (Å²) in [5, 5.41) is 14.9. The number of anilines is 2. The van der Waals surface area contributed by atoms with Crippen molar-refractivity contribution >= 4 is 23.3 Å². The van der Waals surface area contributed by atoms with Crippen LogP contribution >= 0.6 is 0 Å². The molecule has 1 heterocycles. The molecule has 17 heavy (non-hydrogen) atoms. The minimum atomic E-state index is -0.983. The van der Waals surface area contributed by atoms with Crippen LogP contribution in [0.3, 0.4) is 0 Å². The van der Waals surface area contributed by atoms with Gasteiger partial charge in [0, 0.05) is 12.0 Å². The highest BCUT2D eigenvalue weighted by Crippen LogP contribution is 2.30.